The lowest BCUT2D eigenvalue weighted by Gasteiger charge is -2.30. The summed E-state index contributed by atoms with van der Waals surface area (Å²) in [6.07, 6.45) is 8.25. The molecule has 0 heterocycles. The van der Waals surface area contributed by atoms with Crippen LogP contribution in [0.15, 0.2) is 30.0 Å². The van der Waals surface area contributed by atoms with Crippen LogP contribution in [-0.2, 0) is 11.2 Å². The molecule has 0 aromatic heterocycles. The van der Waals surface area contributed by atoms with E-state index in [1.54, 1.807) is 20.4 Å². The number of nitrogens with one attached hydrogen (secondary N) is 1. The van der Waals surface area contributed by atoms with Crippen molar-refractivity contribution in [3.05, 3.63) is 35.5 Å². The van der Waals surface area contributed by atoms with E-state index < -0.39 is 0 Å². The molecule has 1 saturated carbocycles. The number of rotatable bonds is 8. The van der Waals surface area contributed by atoms with Gasteiger partial charge < -0.3 is 19.7 Å². The van der Waals surface area contributed by atoms with Gasteiger partial charge in [-0.05, 0) is 37.0 Å². The van der Waals surface area contributed by atoms with Gasteiger partial charge in [-0.25, -0.2) is 0 Å². The van der Waals surface area contributed by atoms with E-state index in [9.17, 15) is 10.1 Å². The van der Waals surface area contributed by atoms with Crippen LogP contribution in [0.3, 0.4) is 0 Å². The molecular weight excluding hydrogens is 342 g/mol. The monoisotopic (exact) mass is 371 g/mol. The zero-order chi connectivity index (χ0) is 19.6. The average Bonchev–Trinajstić information content (AvgIpc) is 2.72. The Morgan fingerprint density at radius 1 is 1.26 bits per heavy atom. The van der Waals surface area contributed by atoms with Crippen molar-refractivity contribution < 1.29 is 14.3 Å². The van der Waals surface area contributed by atoms with E-state index >= 15 is 0 Å². The van der Waals surface area contributed by atoms with Gasteiger partial charge in [-0.3, -0.25) is 4.79 Å². The fraction of sp³-hybridized carbons (Fsp3) is 0.524. The van der Waals surface area contributed by atoms with E-state index in [-0.39, 0.29) is 11.5 Å². The van der Waals surface area contributed by atoms with Crippen LogP contribution >= 0.6 is 0 Å². The summed E-state index contributed by atoms with van der Waals surface area (Å²) in [5, 5.41) is 12.2. The van der Waals surface area contributed by atoms with Crippen LogP contribution in [-0.4, -0.2) is 44.7 Å². The molecule has 1 aromatic carbocycles. The van der Waals surface area contributed by atoms with Crippen LogP contribution in [0.5, 0.6) is 11.5 Å². The number of carbonyl (C=O) groups excluding carboxylic acids is 1. The van der Waals surface area contributed by atoms with Gasteiger partial charge >= 0.3 is 0 Å². The molecular formula is C21H29N3O3. The molecule has 1 fully saturated rings. The van der Waals surface area contributed by atoms with E-state index in [0.29, 0.717) is 30.5 Å². The van der Waals surface area contributed by atoms with Gasteiger partial charge in [0.15, 0.2) is 11.5 Å². The first-order chi connectivity index (χ1) is 13.1. The summed E-state index contributed by atoms with van der Waals surface area (Å²) in [6.45, 7) is 0.445. The van der Waals surface area contributed by atoms with Gasteiger partial charge in [0.2, 0.25) is 0 Å². The van der Waals surface area contributed by atoms with E-state index in [4.69, 9.17) is 9.47 Å². The Kier molecular flexibility index (Phi) is 8.00. The fourth-order valence-electron chi connectivity index (χ4n) is 3.39. The highest BCUT2D eigenvalue weighted by Gasteiger charge is 2.18. The lowest BCUT2D eigenvalue weighted by atomic mass is 9.94. The second kappa shape index (κ2) is 10.5. The number of nitriles is 1. The summed E-state index contributed by atoms with van der Waals surface area (Å²) >= 11 is 0. The highest BCUT2D eigenvalue weighted by molar-refractivity contribution is 5.97. The maximum Gasteiger partial charge on any atom is 0.263 e. The average molecular weight is 371 g/mol. The summed E-state index contributed by atoms with van der Waals surface area (Å²) in [6, 6.07) is 8.11. The summed E-state index contributed by atoms with van der Waals surface area (Å²) in [5.41, 5.74) is 1.17. The van der Waals surface area contributed by atoms with E-state index in [2.05, 4.69) is 5.32 Å². The fourth-order valence-corrected chi connectivity index (χ4v) is 3.39. The zero-order valence-corrected chi connectivity index (χ0v) is 16.5. The molecule has 2 rings (SSSR count). The minimum absolute atomic E-state index is 0.149. The van der Waals surface area contributed by atoms with Crippen LogP contribution < -0.4 is 14.8 Å². The number of hydrogen-bond donors (Lipinski definition) is 1. The van der Waals surface area contributed by atoms with Crippen LogP contribution in [0, 0.1) is 11.3 Å². The van der Waals surface area contributed by atoms with Crippen LogP contribution in [0.2, 0.25) is 0 Å². The predicted octanol–water partition coefficient (Wildman–Crippen LogP) is 3.03. The maximum atomic E-state index is 12.3. The van der Waals surface area contributed by atoms with Gasteiger partial charge in [-0.2, -0.15) is 5.26 Å². The molecule has 1 N–H and O–H groups in total. The lowest BCUT2D eigenvalue weighted by Crippen LogP contribution is -2.32. The first-order valence-corrected chi connectivity index (χ1v) is 9.42. The van der Waals surface area contributed by atoms with Gasteiger partial charge in [0, 0.05) is 25.8 Å². The highest BCUT2D eigenvalue weighted by atomic mass is 16.5. The molecule has 146 valence electrons. The number of ether oxygens (including phenoxy) is 2. The third-order valence-electron chi connectivity index (χ3n) is 5.00. The van der Waals surface area contributed by atoms with Crippen molar-refractivity contribution in [3.63, 3.8) is 0 Å². The molecule has 6 heteroatoms. The zero-order valence-electron chi connectivity index (χ0n) is 16.5. The Morgan fingerprint density at radius 3 is 2.59 bits per heavy atom. The molecule has 0 saturated heterocycles. The molecule has 0 aliphatic heterocycles. The number of amides is 1. The van der Waals surface area contributed by atoms with Crippen molar-refractivity contribution in [2.45, 2.75) is 44.6 Å². The smallest absolute Gasteiger partial charge is 0.263 e. The largest absolute Gasteiger partial charge is 0.493 e. The maximum absolute atomic E-state index is 12.3. The quantitative estimate of drug-likeness (QED) is 0.562. The number of hydrogen-bond acceptors (Lipinski definition) is 5. The minimum Gasteiger partial charge on any atom is -0.493 e. The van der Waals surface area contributed by atoms with Crippen molar-refractivity contribution >= 4 is 5.91 Å². The number of methoxy groups -OCH3 is 2. The highest BCUT2D eigenvalue weighted by Crippen LogP contribution is 2.27. The van der Waals surface area contributed by atoms with Crippen LogP contribution in [0.4, 0.5) is 0 Å². The molecule has 1 amide bonds. The van der Waals surface area contributed by atoms with Gasteiger partial charge in [0.25, 0.3) is 5.91 Å². The molecule has 6 nitrogen and oxygen atoms in total. The Balaban J connectivity index is 1.89. The molecule has 0 unspecified atom stereocenters. The third kappa shape index (κ3) is 5.92. The summed E-state index contributed by atoms with van der Waals surface area (Å²) in [7, 11) is 5.14. The third-order valence-corrected chi connectivity index (χ3v) is 5.00. The standard InChI is InChI=1S/C21H29N3O3/c1-24(18-7-5-4-6-8-18)15-17(14-22)21(25)23-12-11-16-9-10-19(26-2)20(13-16)27-3/h9-10,13,15,18H,4-8,11-12H2,1-3H3,(H,23,25)/b17-15-. The summed E-state index contributed by atoms with van der Waals surface area (Å²) in [5.74, 6) is 0.999. The first-order valence-electron chi connectivity index (χ1n) is 9.42. The Morgan fingerprint density at radius 2 is 1.96 bits per heavy atom. The molecule has 0 atom stereocenters. The van der Waals surface area contributed by atoms with Crippen molar-refractivity contribution in [1.29, 1.82) is 5.26 Å². The van der Waals surface area contributed by atoms with E-state index in [1.807, 2.05) is 36.2 Å². The molecule has 1 aliphatic carbocycles. The molecule has 0 radical (unpaired) electrons. The SMILES string of the molecule is COc1ccc(CCNC(=O)/C(C#N)=C\N(C)C2CCCCC2)cc1OC. The van der Waals surface area contributed by atoms with Crippen molar-refractivity contribution in [3.8, 4) is 17.6 Å². The molecule has 0 bridgehead atoms. The Bertz CT molecular complexity index is 703. The summed E-state index contributed by atoms with van der Waals surface area (Å²) in [4.78, 5) is 14.4. The minimum atomic E-state index is -0.333. The lowest BCUT2D eigenvalue weighted by molar-refractivity contribution is -0.117. The number of carbonyl (C=O) groups is 1. The second-order valence-corrected chi connectivity index (χ2v) is 6.81. The molecule has 1 aliphatic rings. The van der Waals surface area contributed by atoms with Crippen LogP contribution in [0.25, 0.3) is 0 Å². The molecule has 27 heavy (non-hydrogen) atoms. The Labute approximate surface area is 161 Å². The normalized spacial score (nSPS) is 15.0. The van der Waals surface area contributed by atoms with Crippen molar-refractivity contribution in [2.75, 3.05) is 27.8 Å². The Hall–Kier alpha value is -2.68. The van der Waals surface area contributed by atoms with E-state index in [1.165, 1.54) is 19.3 Å². The molecule has 0 spiro atoms. The summed E-state index contributed by atoms with van der Waals surface area (Å²) < 4.78 is 10.5. The molecule has 1 aromatic rings. The van der Waals surface area contributed by atoms with Gasteiger partial charge in [-0.1, -0.05) is 25.3 Å². The van der Waals surface area contributed by atoms with Gasteiger partial charge in [0.05, 0.1) is 14.2 Å². The topological polar surface area (TPSA) is 74.6 Å². The first kappa shape index (κ1) is 20.6. The number of nitrogens with zero attached hydrogens (tertiary/aromatic N) is 2. The van der Waals surface area contributed by atoms with Crippen molar-refractivity contribution in [1.82, 2.24) is 10.2 Å². The van der Waals surface area contributed by atoms with Crippen molar-refractivity contribution in [2.24, 2.45) is 0 Å². The van der Waals surface area contributed by atoms with Gasteiger partial charge in [-0.15, -0.1) is 0 Å². The van der Waals surface area contributed by atoms with Crippen LogP contribution in [0.1, 0.15) is 37.7 Å². The van der Waals surface area contributed by atoms with E-state index in [0.717, 1.165) is 18.4 Å². The van der Waals surface area contributed by atoms with Gasteiger partial charge in [0.1, 0.15) is 11.6 Å². The second-order valence-electron chi connectivity index (χ2n) is 6.81. The predicted molar refractivity (Wildman–Crippen MR) is 105 cm³/mol. The number of benzene rings is 1.